The fourth-order valence-electron chi connectivity index (χ4n) is 3.33. The maximum absolute atomic E-state index is 11.0. The Hall–Kier alpha value is 1.28. The summed E-state index contributed by atoms with van der Waals surface area (Å²) in [5, 5.41) is 7.42. The maximum atomic E-state index is 11.0. The molecule has 0 amide bonds. The van der Waals surface area contributed by atoms with Gasteiger partial charge in [-0.25, -0.2) is 0 Å². The van der Waals surface area contributed by atoms with Crippen molar-refractivity contribution in [1.82, 2.24) is 0 Å². The summed E-state index contributed by atoms with van der Waals surface area (Å²) in [6.07, 6.45) is 25.1. The third-order valence-corrected chi connectivity index (χ3v) is 5.17. The second-order valence-electron chi connectivity index (χ2n) is 8.85. The minimum Gasteiger partial charge on any atom is -1.00 e. The van der Waals surface area contributed by atoms with Crippen molar-refractivity contribution in [1.29, 1.82) is 0 Å². The van der Waals surface area contributed by atoms with Crippen LogP contribution in [0.25, 0.3) is 0 Å². The van der Waals surface area contributed by atoms with Gasteiger partial charge in [0.15, 0.2) is 0 Å². The molecule has 9 heteroatoms. The van der Waals surface area contributed by atoms with Gasteiger partial charge >= 0.3 is 101 Å². The van der Waals surface area contributed by atoms with Gasteiger partial charge in [-0.3, -0.25) is 14.4 Å². The number of ether oxygens (including phenoxy) is 1. The van der Waals surface area contributed by atoms with E-state index in [9.17, 15) is 14.4 Å². The molecule has 0 saturated carbocycles. The second kappa shape index (κ2) is 47.1. The van der Waals surface area contributed by atoms with Crippen molar-refractivity contribution in [3.63, 3.8) is 0 Å². The Balaban J connectivity index is -0.0000000542. The fraction of sp³-hybridized carbons (Fsp3) is 0.857. The number of carboxylic acid groups (broad SMARTS) is 1. The predicted molar refractivity (Wildman–Crippen MR) is 143 cm³/mol. The summed E-state index contributed by atoms with van der Waals surface area (Å²) in [5.41, 5.74) is 0. The average molecular weight is 559 g/mol. The van der Waals surface area contributed by atoms with Gasteiger partial charge < -0.3 is 18.9 Å². The summed E-state index contributed by atoms with van der Waals surface area (Å²) in [5.74, 6) is -1.73. The number of hydrogen-bond donors (Lipinski definition) is 1. The molecule has 0 spiro atoms. The van der Waals surface area contributed by atoms with E-state index in [0.717, 1.165) is 38.9 Å². The molecule has 0 aliphatic heterocycles. The van der Waals surface area contributed by atoms with E-state index in [4.69, 9.17) is 9.90 Å². The Morgan fingerprint density at radius 2 is 0.919 bits per heavy atom. The second-order valence-corrected chi connectivity index (χ2v) is 8.85. The molecule has 0 rings (SSSR count). The Kier molecular flexibility index (Phi) is 65.0. The van der Waals surface area contributed by atoms with Gasteiger partial charge in [0.25, 0.3) is 5.97 Å². The third kappa shape index (κ3) is 67.2. The van der Waals surface area contributed by atoms with E-state index in [1.54, 1.807) is 0 Å². The van der Waals surface area contributed by atoms with Crippen molar-refractivity contribution >= 4 is 24.2 Å². The number of carboxylic acids is 1. The van der Waals surface area contributed by atoms with E-state index >= 15 is 0 Å². The molecule has 0 bridgehead atoms. The first-order valence-electron chi connectivity index (χ1n) is 13.7. The zero-order chi connectivity index (χ0) is 26.3. The maximum Gasteiger partial charge on any atom is 1.00 e. The first-order valence-corrected chi connectivity index (χ1v) is 13.7. The van der Waals surface area contributed by atoms with Crippen molar-refractivity contribution in [3.8, 4) is 0 Å². The molecular weight excluding hydrogens is 501 g/mol. The molecule has 0 aromatic heterocycles. The van der Waals surface area contributed by atoms with Crippen LogP contribution in [0.2, 0.25) is 0 Å². The Morgan fingerprint density at radius 1 is 0.622 bits per heavy atom. The van der Waals surface area contributed by atoms with E-state index < -0.39 is 11.9 Å². The van der Waals surface area contributed by atoms with Crippen LogP contribution in [0, 0.1) is 0 Å². The molecule has 0 aliphatic carbocycles. The first-order chi connectivity index (χ1) is 16.3. The van der Waals surface area contributed by atoms with Gasteiger partial charge in [-0.2, -0.15) is 0 Å². The number of hydrogen-bond acceptors (Lipinski definition) is 5. The van der Waals surface area contributed by atoms with E-state index in [1.165, 1.54) is 103 Å². The van der Waals surface area contributed by atoms with Gasteiger partial charge in [0, 0.05) is 26.7 Å². The van der Waals surface area contributed by atoms with Crippen molar-refractivity contribution < 1.29 is 122 Å². The molecule has 0 aromatic rings. The molecule has 0 atom stereocenters. The zero-order valence-electron chi connectivity index (χ0n) is 28.7. The molecule has 0 aromatic carbocycles. The Bertz CT molecular complexity index is 488. The van der Waals surface area contributed by atoms with Crippen molar-refractivity contribution in [3.05, 3.63) is 0 Å². The molecule has 1 N–H and O–H groups in total. The van der Waals surface area contributed by atoms with Gasteiger partial charge in [-0.15, -0.1) is 0 Å². The van der Waals surface area contributed by atoms with Crippen LogP contribution < -0.4 is 88.7 Å². The van der Waals surface area contributed by atoms with Crippen molar-refractivity contribution in [2.75, 3.05) is 0 Å². The minimum absolute atomic E-state index is 0. The van der Waals surface area contributed by atoms with Crippen LogP contribution in [-0.2, 0) is 23.9 Å². The molecule has 0 radical (unpaired) electrons. The average Bonchev–Trinajstić information content (AvgIpc) is 2.76. The van der Waals surface area contributed by atoms with E-state index in [2.05, 4.69) is 18.6 Å². The minimum atomic E-state index is -0.833. The number of carbonyl (C=O) groups is 4. The predicted octanol–water partition coefficient (Wildman–Crippen LogP) is -0.456. The largest absolute Gasteiger partial charge is 1.00 e. The summed E-state index contributed by atoms with van der Waals surface area (Å²) >= 11 is 0. The van der Waals surface area contributed by atoms with Crippen LogP contribution in [0.3, 0.4) is 0 Å². The first kappa shape index (κ1) is 51.1. The molecule has 0 aliphatic rings. The van der Waals surface area contributed by atoms with Crippen LogP contribution in [-0.4, -0.2) is 29.3 Å². The smallest absolute Gasteiger partial charge is 1.00 e. The summed E-state index contributed by atoms with van der Waals surface area (Å²) in [6, 6.07) is 0. The monoisotopic (exact) mass is 558 g/mol. The quantitative estimate of drug-likeness (QED) is 0.0715. The molecule has 0 heterocycles. The number of esters is 2. The Labute approximate surface area is 299 Å². The molecule has 0 saturated heterocycles. The molecule has 0 fully saturated rings. The number of aldehydes is 1. The van der Waals surface area contributed by atoms with Crippen LogP contribution in [0.5, 0.6) is 0 Å². The van der Waals surface area contributed by atoms with Gasteiger partial charge in [0.2, 0.25) is 0 Å². The topological polar surface area (TPSA) is 97.7 Å². The van der Waals surface area contributed by atoms with Crippen LogP contribution >= 0.6 is 0 Å². The summed E-state index contributed by atoms with van der Waals surface area (Å²) in [7, 11) is 0. The summed E-state index contributed by atoms with van der Waals surface area (Å²) in [6.45, 7) is 6.81. The SMILES string of the molecule is CC(=O)O.CCCCCCCCCCCC(=O)OC(C)=O.CCCCCCCCCCCC=O.[H-].[H-].[H-].[Na+].[Na+].[Na+]. The standard InChI is InChI=1S/C14H26O3.C12H24O.C2H4O2.3Na.3H/c1-3-4-5-6-7-8-9-10-11-12-14(16)17-13(2)15;1-2-3-4-5-6-7-8-9-10-11-12-13;1-2(3)4;;;;;;/h3-12H2,1-2H3;12H,2-11H2,1H3;1H3,(H,3,4);;;;;;/q;;;3*+1;3*-1. The zero-order valence-corrected chi connectivity index (χ0v) is 31.7. The Morgan fingerprint density at radius 3 is 1.22 bits per heavy atom. The van der Waals surface area contributed by atoms with Gasteiger partial charge in [-0.05, 0) is 12.8 Å². The number of aliphatic carboxylic acids is 1. The molecule has 6 nitrogen and oxygen atoms in total. The number of rotatable bonds is 20. The summed E-state index contributed by atoms with van der Waals surface area (Å²) in [4.78, 5) is 40.5. The molecule has 208 valence electrons. The fourth-order valence-corrected chi connectivity index (χ4v) is 3.33. The van der Waals surface area contributed by atoms with E-state index in [-0.39, 0.29) is 98.9 Å². The van der Waals surface area contributed by atoms with Gasteiger partial charge in [0.05, 0.1) is 0 Å². The van der Waals surface area contributed by atoms with Gasteiger partial charge in [0.1, 0.15) is 6.29 Å². The van der Waals surface area contributed by atoms with Crippen LogP contribution in [0.4, 0.5) is 0 Å². The van der Waals surface area contributed by atoms with Gasteiger partial charge in [-0.1, -0.05) is 117 Å². The molecular formula is C28H57Na3O6. The van der Waals surface area contributed by atoms with Crippen molar-refractivity contribution in [2.45, 2.75) is 156 Å². The molecule has 37 heavy (non-hydrogen) atoms. The van der Waals surface area contributed by atoms with E-state index in [1.807, 2.05) is 0 Å². The normalized spacial score (nSPS) is 8.97. The third-order valence-electron chi connectivity index (χ3n) is 5.17. The number of carbonyl (C=O) groups excluding carboxylic acids is 3. The summed E-state index contributed by atoms with van der Waals surface area (Å²) < 4.78 is 4.44. The van der Waals surface area contributed by atoms with Crippen LogP contribution in [0.15, 0.2) is 0 Å². The van der Waals surface area contributed by atoms with Crippen molar-refractivity contribution in [2.24, 2.45) is 0 Å². The van der Waals surface area contributed by atoms with E-state index in [0.29, 0.717) is 6.42 Å². The number of unbranched alkanes of at least 4 members (excludes halogenated alkanes) is 17. The molecule has 0 unspecified atom stereocenters. The van der Waals surface area contributed by atoms with Crippen LogP contribution in [0.1, 0.15) is 160 Å².